The lowest BCUT2D eigenvalue weighted by Gasteiger charge is -2.37. The van der Waals surface area contributed by atoms with Crippen LogP contribution in [0, 0.1) is 0 Å². The fourth-order valence-corrected chi connectivity index (χ4v) is 2.69. The monoisotopic (exact) mass is 261 g/mol. The molecule has 2 aliphatic rings. The summed E-state index contributed by atoms with van der Waals surface area (Å²) in [7, 11) is 4.21. The Hall–Kier alpha value is -0.320. The molecule has 2 heterocycles. The second-order valence-corrected chi connectivity index (χ2v) is 5.19. The number of nitrogens with zero attached hydrogens (tertiary/aromatic N) is 2. The van der Waals surface area contributed by atoms with E-state index in [0.717, 1.165) is 38.9 Å². The standard InChI is InChI=1S/C12H23N3O.ClH/c1-14(2)10-5-4-8-15(9-10)12(16)11-6-3-7-13-11;/h10-11,13H,3-9H2,1-2H3;1H/t10?,11-;/m0./s1. The second kappa shape index (κ2) is 6.57. The molecule has 2 fully saturated rings. The number of nitrogens with one attached hydrogen (secondary N) is 1. The van der Waals surface area contributed by atoms with E-state index in [4.69, 9.17) is 0 Å². The lowest BCUT2D eigenvalue weighted by atomic mass is 10.0. The SMILES string of the molecule is CN(C)C1CCCN(C(=O)[C@@H]2CCCN2)C1.Cl. The predicted molar refractivity (Wildman–Crippen MR) is 71.6 cm³/mol. The molecule has 1 amide bonds. The highest BCUT2D eigenvalue weighted by molar-refractivity contribution is 5.85. The van der Waals surface area contributed by atoms with Crippen LogP contribution in [0.2, 0.25) is 0 Å². The van der Waals surface area contributed by atoms with Crippen LogP contribution in [-0.4, -0.2) is 61.5 Å². The van der Waals surface area contributed by atoms with Crippen molar-refractivity contribution in [3.8, 4) is 0 Å². The Kier molecular flexibility index (Phi) is 5.70. The average Bonchev–Trinajstić information content (AvgIpc) is 2.81. The van der Waals surface area contributed by atoms with Crippen molar-refractivity contribution in [2.45, 2.75) is 37.8 Å². The van der Waals surface area contributed by atoms with Gasteiger partial charge >= 0.3 is 0 Å². The molecule has 0 radical (unpaired) electrons. The maximum atomic E-state index is 12.2. The van der Waals surface area contributed by atoms with Crippen molar-refractivity contribution in [2.75, 3.05) is 33.7 Å². The van der Waals surface area contributed by atoms with Gasteiger partial charge in [0.1, 0.15) is 0 Å². The first-order valence-corrected chi connectivity index (χ1v) is 6.37. The summed E-state index contributed by atoms with van der Waals surface area (Å²) >= 11 is 0. The Morgan fingerprint density at radius 3 is 2.65 bits per heavy atom. The number of piperidine rings is 1. The molecule has 4 nitrogen and oxygen atoms in total. The Bertz CT molecular complexity index is 254. The van der Waals surface area contributed by atoms with Gasteiger partial charge in [0.15, 0.2) is 0 Å². The first kappa shape index (κ1) is 14.7. The van der Waals surface area contributed by atoms with E-state index in [1.54, 1.807) is 0 Å². The predicted octanol–water partition coefficient (Wildman–Crippen LogP) is 0.713. The molecule has 1 N–H and O–H groups in total. The van der Waals surface area contributed by atoms with Crippen LogP contribution < -0.4 is 5.32 Å². The van der Waals surface area contributed by atoms with Gasteiger partial charge in [0.05, 0.1) is 6.04 Å². The Morgan fingerprint density at radius 2 is 2.06 bits per heavy atom. The van der Waals surface area contributed by atoms with Crippen LogP contribution in [0.1, 0.15) is 25.7 Å². The van der Waals surface area contributed by atoms with Crippen LogP contribution >= 0.6 is 12.4 Å². The number of likely N-dealkylation sites (tertiary alicyclic amines) is 1. The van der Waals surface area contributed by atoms with Gasteiger partial charge in [-0.15, -0.1) is 12.4 Å². The summed E-state index contributed by atoms with van der Waals surface area (Å²) in [5.41, 5.74) is 0. The molecular weight excluding hydrogens is 238 g/mol. The molecule has 0 aromatic rings. The van der Waals surface area contributed by atoms with Gasteiger partial charge in [-0.25, -0.2) is 0 Å². The van der Waals surface area contributed by atoms with Gasteiger partial charge in [-0.2, -0.15) is 0 Å². The zero-order valence-corrected chi connectivity index (χ0v) is 11.6. The Balaban J connectivity index is 0.00000144. The Morgan fingerprint density at radius 1 is 1.29 bits per heavy atom. The summed E-state index contributed by atoms with van der Waals surface area (Å²) in [6.07, 6.45) is 4.51. The molecule has 2 atom stereocenters. The summed E-state index contributed by atoms with van der Waals surface area (Å²) in [5, 5.41) is 3.29. The van der Waals surface area contributed by atoms with Gasteiger partial charge in [-0.1, -0.05) is 0 Å². The molecule has 5 heteroatoms. The van der Waals surface area contributed by atoms with Gasteiger partial charge in [0, 0.05) is 19.1 Å². The summed E-state index contributed by atoms with van der Waals surface area (Å²) in [4.78, 5) is 16.5. The van der Waals surface area contributed by atoms with E-state index in [9.17, 15) is 4.79 Å². The molecular formula is C12H24ClN3O. The number of rotatable bonds is 2. The van der Waals surface area contributed by atoms with Gasteiger partial charge in [0.2, 0.25) is 5.91 Å². The van der Waals surface area contributed by atoms with E-state index >= 15 is 0 Å². The Labute approximate surface area is 110 Å². The zero-order chi connectivity index (χ0) is 11.5. The number of amides is 1. The van der Waals surface area contributed by atoms with Gasteiger partial charge in [-0.3, -0.25) is 4.79 Å². The fourth-order valence-electron chi connectivity index (χ4n) is 2.69. The molecule has 0 aromatic heterocycles. The van der Waals surface area contributed by atoms with E-state index in [2.05, 4.69) is 29.2 Å². The minimum absolute atomic E-state index is 0. The van der Waals surface area contributed by atoms with Crippen molar-refractivity contribution in [3.05, 3.63) is 0 Å². The van der Waals surface area contributed by atoms with Crippen molar-refractivity contribution in [1.29, 1.82) is 0 Å². The van der Waals surface area contributed by atoms with Gasteiger partial charge < -0.3 is 15.1 Å². The molecule has 0 spiro atoms. The van der Waals surface area contributed by atoms with Gasteiger partial charge in [0.25, 0.3) is 0 Å². The molecule has 1 unspecified atom stereocenters. The lowest BCUT2D eigenvalue weighted by Crippen LogP contribution is -2.52. The maximum absolute atomic E-state index is 12.2. The number of likely N-dealkylation sites (N-methyl/N-ethyl adjacent to an activating group) is 1. The van der Waals surface area contributed by atoms with E-state index in [-0.39, 0.29) is 18.4 Å². The average molecular weight is 262 g/mol. The number of hydrogen-bond acceptors (Lipinski definition) is 3. The van der Waals surface area contributed by atoms with E-state index < -0.39 is 0 Å². The molecule has 0 aliphatic carbocycles. The third kappa shape index (κ3) is 3.57. The lowest BCUT2D eigenvalue weighted by molar-refractivity contribution is -0.135. The molecule has 100 valence electrons. The van der Waals surface area contributed by atoms with Crippen molar-refractivity contribution in [3.63, 3.8) is 0 Å². The second-order valence-electron chi connectivity index (χ2n) is 5.19. The van der Waals surface area contributed by atoms with Crippen LogP contribution in [0.4, 0.5) is 0 Å². The number of carbonyl (C=O) groups is 1. The summed E-state index contributed by atoms with van der Waals surface area (Å²) < 4.78 is 0. The highest BCUT2D eigenvalue weighted by atomic mass is 35.5. The molecule has 0 aromatic carbocycles. The number of carbonyl (C=O) groups excluding carboxylic acids is 1. The summed E-state index contributed by atoms with van der Waals surface area (Å²) in [6, 6.07) is 0.639. The molecule has 17 heavy (non-hydrogen) atoms. The summed E-state index contributed by atoms with van der Waals surface area (Å²) in [6.45, 7) is 2.85. The van der Waals surface area contributed by atoms with E-state index in [0.29, 0.717) is 11.9 Å². The van der Waals surface area contributed by atoms with Crippen molar-refractivity contribution in [2.24, 2.45) is 0 Å². The quantitative estimate of drug-likeness (QED) is 0.796. The fraction of sp³-hybridized carbons (Fsp3) is 0.917. The molecule has 2 saturated heterocycles. The van der Waals surface area contributed by atoms with E-state index in [1.165, 1.54) is 6.42 Å². The minimum Gasteiger partial charge on any atom is -0.340 e. The molecule has 0 saturated carbocycles. The van der Waals surface area contributed by atoms with Crippen molar-refractivity contribution in [1.82, 2.24) is 15.1 Å². The molecule has 0 bridgehead atoms. The van der Waals surface area contributed by atoms with Crippen LogP contribution in [-0.2, 0) is 4.79 Å². The van der Waals surface area contributed by atoms with Crippen LogP contribution in [0.25, 0.3) is 0 Å². The zero-order valence-electron chi connectivity index (χ0n) is 10.8. The highest BCUT2D eigenvalue weighted by Crippen LogP contribution is 2.16. The van der Waals surface area contributed by atoms with Crippen LogP contribution in [0.15, 0.2) is 0 Å². The molecule has 2 rings (SSSR count). The van der Waals surface area contributed by atoms with Crippen LogP contribution in [0.5, 0.6) is 0 Å². The van der Waals surface area contributed by atoms with E-state index in [1.807, 2.05) is 0 Å². The first-order chi connectivity index (χ1) is 7.68. The van der Waals surface area contributed by atoms with Crippen molar-refractivity contribution >= 4 is 18.3 Å². The highest BCUT2D eigenvalue weighted by Gasteiger charge is 2.30. The maximum Gasteiger partial charge on any atom is 0.239 e. The third-order valence-electron chi connectivity index (χ3n) is 3.80. The normalized spacial score (nSPS) is 29.2. The van der Waals surface area contributed by atoms with Gasteiger partial charge in [-0.05, 0) is 46.3 Å². The minimum atomic E-state index is 0. The van der Waals surface area contributed by atoms with Crippen LogP contribution in [0.3, 0.4) is 0 Å². The number of hydrogen-bond donors (Lipinski definition) is 1. The largest absolute Gasteiger partial charge is 0.340 e. The summed E-state index contributed by atoms with van der Waals surface area (Å²) in [5.74, 6) is 0.323. The number of halogens is 1. The smallest absolute Gasteiger partial charge is 0.239 e. The first-order valence-electron chi connectivity index (χ1n) is 6.37. The topological polar surface area (TPSA) is 35.6 Å². The van der Waals surface area contributed by atoms with Crippen molar-refractivity contribution < 1.29 is 4.79 Å². The molecule has 2 aliphatic heterocycles. The third-order valence-corrected chi connectivity index (χ3v) is 3.80.